The molecule has 2 rings (SSSR count). The van der Waals surface area contributed by atoms with E-state index in [0.29, 0.717) is 24.2 Å². The van der Waals surface area contributed by atoms with Gasteiger partial charge in [-0.3, -0.25) is 4.79 Å². The number of nitrogens with zero attached hydrogens (tertiary/aromatic N) is 1. The third-order valence-corrected chi connectivity index (χ3v) is 3.87. The van der Waals surface area contributed by atoms with E-state index < -0.39 is 0 Å². The van der Waals surface area contributed by atoms with Gasteiger partial charge in [0.2, 0.25) is 5.91 Å². The minimum atomic E-state index is 0.212. The Morgan fingerprint density at radius 2 is 2.38 bits per heavy atom. The van der Waals surface area contributed by atoms with Gasteiger partial charge in [0, 0.05) is 25.6 Å². The van der Waals surface area contributed by atoms with Crippen molar-refractivity contribution >= 4 is 5.91 Å². The Balaban J connectivity index is 1.80. The zero-order chi connectivity index (χ0) is 11.5. The maximum atomic E-state index is 12.0. The maximum Gasteiger partial charge on any atom is 0.223 e. The molecule has 1 amide bonds. The number of nitrogens with two attached hydrogens (primary N) is 1. The van der Waals surface area contributed by atoms with Crippen LogP contribution in [-0.4, -0.2) is 29.9 Å². The minimum absolute atomic E-state index is 0.212. The fraction of sp³-hybridized carbons (Fsp3) is 0.769. The molecule has 1 aliphatic carbocycles. The van der Waals surface area contributed by atoms with Crippen LogP contribution in [0.4, 0.5) is 0 Å². The standard InChI is InChI=1S/C13H22N2O/c1-10(14)12-6-7-15(9-12)13(16)8-11-4-2-3-5-11/h2,4,10-12H,3,5-9,14H2,1H3. The van der Waals surface area contributed by atoms with Gasteiger partial charge in [0.25, 0.3) is 0 Å². The third-order valence-electron chi connectivity index (χ3n) is 3.87. The molecule has 1 fully saturated rings. The van der Waals surface area contributed by atoms with Gasteiger partial charge in [0.05, 0.1) is 0 Å². The van der Waals surface area contributed by atoms with Crippen LogP contribution in [0.5, 0.6) is 0 Å². The van der Waals surface area contributed by atoms with Gasteiger partial charge in [-0.1, -0.05) is 12.2 Å². The first kappa shape index (κ1) is 11.6. The Kier molecular flexibility index (Phi) is 3.64. The molecular weight excluding hydrogens is 200 g/mol. The van der Waals surface area contributed by atoms with Crippen LogP contribution in [0.2, 0.25) is 0 Å². The van der Waals surface area contributed by atoms with E-state index in [-0.39, 0.29) is 6.04 Å². The molecule has 1 aliphatic heterocycles. The largest absolute Gasteiger partial charge is 0.342 e. The molecule has 0 aromatic heterocycles. The van der Waals surface area contributed by atoms with Gasteiger partial charge >= 0.3 is 0 Å². The molecule has 3 atom stereocenters. The Morgan fingerprint density at radius 1 is 1.56 bits per heavy atom. The van der Waals surface area contributed by atoms with Crippen LogP contribution < -0.4 is 5.73 Å². The summed E-state index contributed by atoms with van der Waals surface area (Å²) in [6, 6.07) is 0.212. The summed E-state index contributed by atoms with van der Waals surface area (Å²) in [4.78, 5) is 14.0. The Bertz CT molecular complexity index is 286. The lowest BCUT2D eigenvalue weighted by Crippen LogP contribution is -2.33. The molecule has 0 spiro atoms. The van der Waals surface area contributed by atoms with Gasteiger partial charge in [-0.25, -0.2) is 0 Å². The zero-order valence-corrected chi connectivity index (χ0v) is 10.1. The molecule has 0 aromatic carbocycles. The highest BCUT2D eigenvalue weighted by atomic mass is 16.2. The van der Waals surface area contributed by atoms with Crippen LogP contribution in [0, 0.1) is 11.8 Å². The van der Waals surface area contributed by atoms with Crippen molar-refractivity contribution in [1.29, 1.82) is 0 Å². The van der Waals surface area contributed by atoms with Crippen molar-refractivity contribution in [2.45, 2.75) is 38.6 Å². The van der Waals surface area contributed by atoms with Gasteiger partial charge in [0.15, 0.2) is 0 Å². The SMILES string of the molecule is CC(N)C1CCN(C(=O)CC2C=CCC2)C1. The van der Waals surface area contributed by atoms with Gasteiger partial charge in [-0.05, 0) is 38.0 Å². The van der Waals surface area contributed by atoms with E-state index in [0.717, 1.165) is 32.4 Å². The second-order valence-corrected chi connectivity index (χ2v) is 5.22. The van der Waals surface area contributed by atoms with Gasteiger partial charge in [-0.2, -0.15) is 0 Å². The number of hydrogen-bond donors (Lipinski definition) is 1. The van der Waals surface area contributed by atoms with Crippen LogP contribution >= 0.6 is 0 Å². The van der Waals surface area contributed by atoms with Crippen molar-refractivity contribution in [3.63, 3.8) is 0 Å². The average Bonchev–Trinajstić information content (AvgIpc) is 2.86. The monoisotopic (exact) mass is 222 g/mol. The fourth-order valence-electron chi connectivity index (χ4n) is 2.66. The molecule has 0 bridgehead atoms. The molecule has 1 saturated heterocycles. The van der Waals surface area contributed by atoms with Crippen LogP contribution in [0.25, 0.3) is 0 Å². The summed E-state index contributed by atoms with van der Waals surface area (Å²) < 4.78 is 0. The third kappa shape index (κ3) is 2.64. The van der Waals surface area contributed by atoms with E-state index in [2.05, 4.69) is 12.2 Å². The van der Waals surface area contributed by atoms with Crippen molar-refractivity contribution in [3.8, 4) is 0 Å². The highest BCUT2D eigenvalue weighted by Gasteiger charge is 2.29. The Labute approximate surface area is 97.7 Å². The number of likely N-dealkylation sites (tertiary alicyclic amines) is 1. The van der Waals surface area contributed by atoms with Crippen molar-refractivity contribution in [3.05, 3.63) is 12.2 Å². The van der Waals surface area contributed by atoms with Crippen LogP contribution in [0.15, 0.2) is 12.2 Å². The lowest BCUT2D eigenvalue weighted by atomic mass is 10.0. The molecule has 2 N–H and O–H groups in total. The second-order valence-electron chi connectivity index (χ2n) is 5.22. The molecule has 1 heterocycles. The van der Waals surface area contributed by atoms with Crippen molar-refractivity contribution in [2.75, 3.05) is 13.1 Å². The first-order valence-electron chi connectivity index (χ1n) is 6.37. The quantitative estimate of drug-likeness (QED) is 0.736. The first-order chi connectivity index (χ1) is 7.66. The highest BCUT2D eigenvalue weighted by Crippen LogP contribution is 2.24. The molecule has 16 heavy (non-hydrogen) atoms. The summed E-state index contributed by atoms with van der Waals surface area (Å²) in [6.45, 7) is 3.81. The summed E-state index contributed by atoms with van der Waals surface area (Å²) in [6.07, 6.45) is 8.44. The highest BCUT2D eigenvalue weighted by molar-refractivity contribution is 5.77. The van der Waals surface area contributed by atoms with Crippen LogP contribution in [0.1, 0.15) is 32.6 Å². The summed E-state index contributed by atoms with van der Waals surface area (Å²) in [5.41, 5.74) is 5.87. The molecule has 90 valence electrons. The number of amides is 1. The van der Waals surface area contributed by atoms with Gasteiger partial charge in [-0.15, -0.1) is 0 Å². The number of carbonyl (C=O) groups excluding carboxylic acids is 1. The van der Waals surface area contributed by atoms with E-state index in [1.165, 1.54) is 0 Å². The Morgan fingerprint density at radius 3 is 2.94 bits per heavy atom. The van der Waals surface area contributed by atoms with Crippen molar-refractivity contribution in [2.24, 2.45) is 17.6 Å². The molecule has 0 saturated carbocycles. The zero-order valence-electron chi connectivity index (χ0n) is 10.1. The molecule has 2 aliphatic rings. The summed E-state index contributed by atoms with van der Waals surface area (Å²) >= 11 is 0. The fourth-order valence-corrected chi connectivity index (χ4v) is 2.66. The summed E-state index contributed by atoms with van der Waals surface area (Å²) in [5.74, 6) is 1.31. The molecule has 0 radical (unpaired) electrons. The number of rotatable bonds is 3. The minimum Gasteiger partial charge on any atom is -0.342 e. The number of hydrogen-bond acceptors (Lipinski definition) is 2. The topological polar surface area (TPSA) is 46.3 Å². The normalized spacial score (nSPS) is 31.0. The molecule has 3 nitrogen and oxygen atoms in total. The molecule has 0 aromatic rings. The summed E-state index contributed by atoms with van der Waals surface area (Å²) in [5, 5.41) is 0. The lowest BCUT2D eigenvalue weighted by Gasteiger charge is -2.19. The van der Waals surface area contributed by atoms with Gasteiger partial charge in [0.1, 0.15) is 0 Å². The van der Waals surface area contributed by atoms with E-state index in [9.17, 15) is 4.79 Å². The molecular formula is C13H22N2O. The number of allylic oxidation sites excluding steroid dienone is 2. The van der Waals surface area contributed by atoms with E-state index in [1.807, 2.05) is 11.8 Å². The van der Waals surface area contributed by atoms with Crippen LogP contribution in [0.3, 0.4) is 0 Å². The smallest absolute Gasteiger partial charge is 0.223 e. The van der Waals surface area contributed by atoms with E-state index in [1.54, 1.807) is 0 Å². The molecule has 3 unspecified atom stereocenters. The summed E-state index contributed by atoms with van der Waals surface area (Å²) in [7, 11) is 0. The molecule has 3 heteroatoms. The van der Waals surface area contributed by atoms with Gasteiger partial charge < -0.3 is 10.6 Å². The first-order valence-corrected chi connectivity index (χ1v) is 6.37. The lowest BCUT2D eigenvalue weighted by molar-refractivity contribution is -0.130. The van der Waals surface area contributed by atoms with Crippen molar-refractivity contribution < 1.29 is 4.79 Å². The maximum absolute atomic E-state index is 12.0. The van der Waals surface area contributed by atoms with E-state index >= 15 is 0 Å². The van der Waals surface area contributed by atoms with Crippen molar-refractivity contribution in [1.82, 2.24) is 4.90 Å². The van der Waals surface area contributed by atoms with Crippen LogP contribution in [-0.2, 0) is 4.79 Å². The second kappa shape index (κ2) is 5.00. The number of carbonyl (C=O) groups is 1. The predicted molar refractivity (Wildman–Crippen MR) is 64.8 cm³/mol. The van der Waals surface area contributed by atoms with E-state index in [4.69, 9.17) is 5.73 Å². The Hall–Kier alpha value is -0.830. The predicted octanol–water partition coefficient (Wildman–Crippen LogP) is 1.54. The average molecular weight is 222 g/mol.